The van der Waals surface area contributed by atoms with Crippen LogP contribution in [-0.4, -0.2) is 34.3 Å². The second kappa shape index (κ2) is 6.19. The Morgan fingerprint density at radius 3 is 2.58 bits per heavy atom. The topological polar surface area (TPSA) is 70.1 Å². The van der Waals surface area contributed by atoms with Gasteiger partial charge in [-0.1, -0.05) is 0 Å². The summed E-state index contributed by atoms with van der Waals surface area (Å²) in [5.41, 5.74) is 1.05. The number of nitrogens with one attached hydrogen (secondary N) is 2. The molecule has 0 bridgehead atoms. The normalized spacial score (nSPS) is 16.2. The molecular weight excluding hydrogens is 240 g/mol. The number of anilines is 2. The van der Waals surface area contributed by atoms with Crippen molar-refractivity contribution < 1.29 is 5.11 Å². The molecule has 1 aliphatic carbocycles. The first kappa shape index (κ1) is 14.1. The van der Waals surface area contributed by atoms with Gasteiger partial charge in [-0.05, 0) is 40.0 Å². The molecule has 3 N–H and O–H groups in total. The quantitative estimate of drug-likeness (QED) is 0.705. The molecule has 19 heavy (non-hydrogen) atoms. The Balaban J connectivity index is 2.23. The van der Waals surface area contributed by atoms with Gasteiger partial charge in [-0.2, -0.15) is 0 Å². The van der Waals surface area contributed by atoms with Crippen molar-refractivity contribution in [1.29, 1.82) is 0 Å². The molecule has 0 saturated heterocycles. The number of rotatable bonds is 7. The minimum atomic E-state index is 0.188. The third-order valence-corrected chi connectivity index (χ3v) is 3.40. The fraction of sp³-hybridized carbons (Fsp3) is 0.714. The Bertz CT molecular complexity index is 432. The van der Waals surface area contributed by atoms with Crippen molar-refractivity contribution in [2.75, 3.05) is 23.8 Å². The van der Waals surface area contributed by atoms with Crippen LogP contribution in [0.4, 0.5) is 11.6 Å². The maximum atomic E-state index is 8.99. The number of nitrogens with zero attached hydrogens (tertiary/aromatic N) is 2. The molecule has 5 heteroatoms. The van der Waals surface area contributed by atoms with E-state index in [-0.39, 0.29) is 12.6 Å². The maximum Gasteiger partial charge on any atom is 0.136 e. The molecule has 1 saturated carbocycles. The molecule has 2 rings (SSSR count). The van der Waals surface area contributed by atoms with E-state index in [1.54, 1.807) is 0 Å². The van der Waals surface area contributed by atoms with Crippen molar-refractivity contribution in [1.82, 2.24) is 9.97 Å². The Kier molecular flexibility index (Phi) is 4.58. The Morgan fingerprint density at radius 1 is 1.32 bits per heavy atom. The van der Waals surface area contributed by atoms with Crippen LogP contribution in [0.15, 0.2) is 0 Å². The molecule has 1 aromatic heterocycles. The van der Waals surface area contributed by atoms with Crippen molar-refractivity contribution in [2.45, 2.75) is 52.0 Å². The van der Waals surface area contributed by atoms with Crippen LogP contribution in [0.3, 0.4) is 0 Å². The first-order valence-electron chi connectivity index (χ1n) is 7.15. The summed E-state index contributed by atoms with van der Waals surface area (Å²) in [7, 11) is 0. The highest BCUT2D eigenvalue weighted by Crippen LogP contribution is 2.39. The molecule has 1 heterocycles. The first-order valence-corrected chi connectivity index (χ1v) is 7.15. The van der Waals surface area contributed by atoms with Gasteiger partial charge >= 0.3 is 0 Å². The summed E-state index contributed by atoms with van der Waals surface area (Å²) in [5, 5.41) is 15.7. The smallest absolute Gasteiger partial charge is 0.136 e. The van der Waals surface area contributed by atoms with E-state index in [0.29, 0.717) is 5.92 Å². The third-order valence-electron chi connectivity index (χ3n) is 3.40. The third kappa shape index (κ3) is 3.56. The molecule has 1 unspecified atom stereocenters. The number of hydrogen-bond acceptors (Lipinski definition) is 5. The lowest BCUT2D eigenvalue weighted by Crippen LogP contribution is -2.20. The summed E-state index contributed by atoms with van der Waals surface area (Å²) in [6, 6.07) is 0.208. The van der Waals surface area contributed by atoms with Gasteiger partial charge in [-0.15, -0.1) is 0 Å². The second-order valence-electron chi connectivity index (χ2n) is 5.27. The summed E-state index contributed by atoms with van der Waals surface area (Å²) in [5.74, 6) is 3.30. The van der Waals surface area contributed by atoms with Crippen molar-refractivity contribution in [3.8, 4) is 0 Å². The van der Waals surface area contributed by atoms with E-state index in [2.05, 4.69) is 34.4 Å². The van der Waals surface area contributed by atoms with Gasteiger partial charge in [0.05, 0.1) is 0 Å². The standard InChI is InChI=1S/C14H24N4O/c1-4-15-12-10(3)13(16-9(2)7-8-19)18-14(17-12)11-5-6-11/h9,11,19H,4-8H2,1-3H3,(H2,15,16,17,18). The first-order chi connectivity index (χ1) is 9.15. The molecule has 0 radical (unpaired) electrons. The Morgan fingerprint density at radius 2 is 2.00 bits per heavy atom. The minimum absolute atomic E-state index is 0.188. The summed E-state index contributed by atoms with van der Waals surface area (Å²) in [4.78, 5) is 9.28. The molecule has 5 nitrogen and oxygen atoms in total. The van der Waals surface area contributed by atoms with Gasteiger partial charge in [0.1, 0.15) is 17.5 Å². The average Bonchev–Trinajstić information content (AvgIpc) is 3.18. The highest BCUT2D eigenvalue weighted by molar-refractivity contribution is 5.58. The molecule has 0 aromatic carbocycles. The zero-order chi connectivity index (χ0) is 13.8. The lowest BCUT2D eigenvalue weighted by Gasteiger charge is -2.18. The number of aromatic nitrogens is 2. The zero-order valence-corrected chi connectivity index (χ0v) is 12.0. The van der Waals surface area contributed by atoms with Gasteiger partial charge in [-0.3, -0.25) is 0 Å². The van der Waals surface area contributed by atoms with E-state index in [9.17, 15) is 0 Å². The molecule has 1 aromatic rings. The Labute approximate surface area is 114 Å². The predicted molar refractivity (Wildman–Crippen MR) is 77.7 cm³/mol. The van der Waals surface area contributed by atoms with Crippen molar-refractivity contribution in [2.24, 2.45) is 0 Å². The average molecular weight is 264 g/mol. The fourth-order valence-electron chi connectivity index (χ4n) is 2.04. The van der Waals surface area contributed by atoms with Gasteiger partial charge in [0.2, 0.25) is 0 Å². The van der Waals surface area contributed by atoms with Crippen LogP contribution < -0.4 is 10.6 Å². The van der Waals surface area contributed by atoms with Crippen LogP contribution in [0.2, 0.25) is 0 Å². The van der Waals surface area contributed by atoms with Crippen LogP contribution in [0, 0.1) is 6.92 Å². The number of hydrogen-bond donors (Lipinski definition) is 3. The summed E-state index contributed by atoms with van der Waals surface area (Å²) >= 11 is 0. The monoisotopic (exact) mass is 264 g/mol. The molecule has 1 atom stereocenters. The van der Waals surface area contributed by atoms with Crippen LogP contribution in [0.5, 0.6) is 0 Å². The van der Waals surface area contributed by atoms with Gasteiger partial charge in [0.25, 0.3) is 0 Å². The van der Waals surface area contributed by atoms with Crippen molar-refractivity contribution >= 4 is 11.6 Å². The molecule has 1 aliphatic rings. The minimum Gasteiger partial charge on any atom is -0.396 e. The SMILES string of the molecule is CCNc1nc(C2CC2)nc(NC(C)CCO)c1C. The van der Waals surface area contributed by atoms with Crippen LogP contribution >= 0.6 is 0 Å². The van der Waals surface area contributed by atoms with Crippen LogP contribution in [0.1, 0.15) is 50.4 Å². The molecular formula is C14H24N4O. The fourth-order valence-corrected chi connectivity index (χ4v) is 2.04. The molecule has 0 amide bonds. The lowest BCUT2D eigenvalue weighted by molar-refractivity contribution is 0.282. The molecule has 0 aliphatic heterocycles. The van der Waals surface area contributed by atoms with Gasteiger partial charge < -0.3 is 15.7 Å². The summed E-state index contributed by atoms with van der Waals surface area (Å²) < 4.78 is 0. The molecule has 0 spiro atoms. The summed E-state index contributed by atoms with van der Waals surface area (Å²) in [6.45, 7) is 7.20. The van der Waals surface area contributed by atoms with E-state index < -0.39 is 0 Å². The van der Waals surface area contributed by atoms with E-state index in [1.807, 2.05) is 6.92 Å². The predicted octanol–water partition coefficient (Wildman–Crippen LogP) is 2.28. The molecule has 1 fully saturated rings. The van der Waals surface area contributed by atoms with Crippen molar-refractivity contribution in [3.63, 3.8) is 0 Å². The second-order valence-corrected chi connectivity index (χ2v) is 5.27. The van der Waals surface area contributed by atoms with E-state index >= 15 is 0 Å². The molecule has 106 valence electrons. The van der Waals surface area contributed by atoms with Gasteiger partial charge in [0, 0.05) is 30.7 Å². The number of aliphatic hydroxyl groups is 1. The van der Waals surface area contributed by atoms with Crippen LogP contribution in [-0.2, 0) is 0 Å². The maximum absolute atomic E-state index is 8.99. The Hall–Kier alpha value is -1.36. The zero-order valence-electron chi connectivity index (χ0n) is 12.0. The van der Waals surface area contributed by atoms with Crippen LogP contribution in [0.25, 0.3) is 0 Å². The van der Waals surface area contributed by atoms with E-state index in [1.165, 1.54) is 12.8 Å². The highest BCUT2D eigenvalue weighted by Gasteiger charge is 2.28. The number of aliphatic hydroxyl groups excluding tert-OH is 1. The van der Waals surface area contributed by atoms with E-state index in [4.69, 9.17) is 5.11 Å². The largest absolute Gasteiger partial charge is 0.396 e. The van der Waals surface area contributed by atoms with Crippen molar-refractivity contribution in [3.05, 3.63) is 11.4 Å². The summed E-state index contributed by atoms with van der Waals surface area (Å²) in [6.07, 6.45) is 3.11. The van der Waals surface area contributed by atoms with E-state index in [0.717, 1.165) is 36.0 Å². The highest BCUT2D eigenvalue weighted by atomic mass is 16.3. The lowest BCUT2D eigenvalue weighted by atomic mass is 10.2. The van der Waals surface area contributed by atoms with Gasteiger partial charge in [0.15, 0.2) is 0 Å². The van der Waals surface area contributed by atoms with Gasteiger partial charge in [-0.25, -0.2) is 9.97 Å².